The lowest BCUT2D eigenvalue weighted by atomic mass is 10.0. The fourth-order valence-electron chi connectivity index (χ4n) is 3.50. The molecule has 1 aromatic heterocycles. The van der Waals surface area contributed by atoms with Crippen LogP contribution in [0.1, 0.15) is 40.6 Å². The van der Waals surface area contributed by atoms with Crippen molar-refractivity contribution < 1.29 is 18.7 Å². The van der Waals surface area contributed by atoms with Crippen LogP contribution in [0.4, 0.5) is 0 Å². The zero-order valence-corrected chi connectivity index (χ0v) is 15.6. The molecule has 1 aliphatic heterocycles. The molecule has 0 bridgehead atoms. The first kappa shape index (κ1) is 18.1. The summed E-state index contributed by atoms with van der Waals surface area (Å²) < 4.78 is 16.2. The van der Waals surface area contributed by atoms with Gasteiger partial charge >= 0.3 is 0 Å². The van der Waals surface area contributed by atoms with Crippen LogP contribution in [0.15, 0.2) is 41.0 Å². The van der Waals surface area contributed by atoms with E-state index in [1.165, 1.54) is 0 Å². The van der Waals surface area contributed by atoms with Crippen molar-refractivity contribution in [2.45, 2.75) is 25.4 Å². The molecule has 0 unspecified atom stereocenters. The molecule has 2 fully saturated rings. The molecule has 6 nitrogen and oxygen atoms in total. The summed E-state index contributed by atoms with van der Waals surface area (Å²) >= 11 is 0. The normalized spacial score (nSPS) is 18.9. The molecule has 1 N–H and O–H groups in total. The molecule has 0 spiro atoms. The number of carbonyl (C=O) groups excluding carboxylic acids is 1. The molecule has 2 aromatic rings. The molecule has 1 saturated carbocycles. The third kappa shape index (κ3) is 4.51. The number of carbonyl (C=O) groups is 1. The number of nitrogens with zero attached hydrogens (tertiary/aromatic N) is 1. The predicted octanol–water partition coefficient (Wildman–Crippen LogP) is 3.00. The van der Waals surface area contributed by atoms with Gasteiger partial charge in [0.2, 0.25) is 0 Å². The molecule has 2 heterocycles. The molecule has 6 heteroatoms. The van der Waals surface area contributed by atoms with Gasteiger partial charge in [0.15, 0.2) is 0 Å². The molecule has 0 radical (unpaired) electrons. The average molecular weight is 370 g/mol. The first-order valence-corrected chi connectivity index (χ1v) is 9.55. The highest BCUT2D eigenvalue weighted by atomic mass is 16.5. The van der Waals surface area contributed by atoms with Gasteiger partial charge in [0.1, 0.15) is 17.8 Å². The number of furan rings is 1. The van der Waals surface area contributed by atoms with E-state index in [9.17, 15) is 4.79 Å². The van der Waals surface area contributed by atoms with Crippen molar-refractivity contribution in [3.8, 4) is 5.75 Å². The topological polar surface area (TPSA) is 63.9 Å². The fourth-order valence-corrected chi connectivity index (χ4v) is 3.50. The Kier molecular flexibility index (Phi) is 5.45. The lowest BCUT2D eigenvalue weighted by Gasteiger charge is -2.25. The van der Waals surface area contributed by atoms with Crippen molar-refractivity contribution in [2.75, 3.05) is 33.4 Å². The molecule has 1 amide bonds. The maximum Gasteiger partial charge on any atom is 0.255 e. The van der Waals surface area contributed by atoms with Crippen LogP contribution in [0.5, 0.6) is 5.75 Å². The molecule has 4 rings (SSSR count). The van der Waals surface area contributed by atoms with Gasteiger partial charge in [-0.2, -0.15) is 0 Å². The maximum absolute atomic E-state index is 12.8. The Morgan fingerprint density at radius 2 is 2.00 bits per heavy atom. The lowest BCUT2D eigenvalue weighted by Crippen LogP contribution is -2.35. The number of hydrogen-bond donors (Lipinski definition) is 1. The van der Waals surface area contributed by atoms with Crippen LogP contribution in [-0.2, 0) is 11.3 Å². The average Bonchev–Trinajstić information content (AvgIpc) is 3.45. The van der Waals surface area contributed by atoms with Crippen molar-refractivity contribution in [1.82, 2.24) is 10.2 Å². The van der Waals surface area contributed by atoms with Gasteiger partial charge in [-0.1, -0.05) is 12.1 Å². The molecular formula is C21H26N2O4. The van der Waals surface area contributed by atoms with E-state index in [0.29, 0.717) is 18.0 Å². The number of hydrogen-bond acceptors (Lipinski definition) is 5. The van der Waals surface area contributed by atoms with Gasteiger partial charge in [0.05, 0.1) is 38.5 Å². The van der Waals surface area contributed by atoms with Gasteiger partial charge in [0.25, 0.3) is 5.91 Å². The standard InChI is InChI=1S/C21H26N2O4/c1-25-18-6-4-16(5-7-18)20(15-2-3-15)22-21(24)17-12-19(27-14-17)13-23-8-10-26-11-9-23/h4-7,12,14-15,20H,2-3,8-11,13H2,1H3,(H,22,24)/t20-/m0/s1. The maximum atomic E-state index is 12.8. The van der Waals surface area contributed by atoms with Crippen LogP contribution in [-0.4, -0.2) is 44.2 Å². The molecule has 2 aliphatic rings. The summed E-state index contributed by atoms with van der Waals surface area (Å²) in [6.07, 6.45) is 3.85. The Hall–Kier alpha value is -2.31. The highest BCUT2D eigenvalue weighted by Gasteiger charge is 2.33. The monoisotopic (exact) mass is 370 g/mol. The van der Waals surface area contributed by atoms with Gasteiger partial charge in [0, 0.05) is 13.1 Å². The summed E-state index contributed by atoms with van der Waals surface area (Å²) in [5.74, 6) is 2.05. The molecule has 27 heavy (non-hydrogen) atoms. The largest absolute Gasteiger partial charge is 0.497 e. The van der Waals surface area contributed by atoms with E-state index in [1.54, 1.807) is 13.4 Å². The second-order valence-corrected chi connectivity index (χ2v) is 7.25. The number of amides is 1. The molecule has 1 aliphatic carbocycles. The highest BCUT2D eigenvalue weighted by Crippen LogP contribution is 2.41. The zero-order chi connectivity index (χ0) is 18.6. The van der Waals surface area contributed by atoms with Crippen molar-refractivity contribution in [1.29, 1.82) is 0 Å². The Balaban J connectivity index is 1.40. The first-order chi connectivity index (χ1) is 13.2. The van der Waals surface area contributed by atoms with Crippen molar-refractivity contribution in [3.05, 3.63) is 53.5 Å². The van der Waals surface area contributed by atoms with Crippen LogP contribution < -0.4 is 10.1 Å². The van der Waals surface area contributed by atoms with Crippen molar-refractivity contribution in [2.24, 2.45) is 5.92 Å². The first-order valence-electron chi connectivity index (χ1n) is 9.55. The van der Waals surface area contributed by atoms with E-state index in [1.807, 2.05) is 30.3 Å². The lowest BCUT2D eigenvalue weighted by molar-refractivity contribution is 0.0313. The molecule has 144 valence electrons. The highest BCUT2D eigenvalue weighted by molar-refractivity contribution is 5.94. The van der Waals surface area contributed by atoms with E-state index >= 15 is 0 Å². The van der Waals surface area contributed by atoms with Crippen LogP contribution in [0.25, 0.3) is 0 Å². The number of rotatable bonds is 7. The summed E-state index contributed by atoms with van der Waals surface area (Å²) in [7, 11) is 1.66. The van der Waals surface area contributed by atoms with E-state index < -0.39 is 0 Å². The summed E-state index contributed by atoms with van der Waals surface area (Å²) in [4.78, 5) is 15.0. The smallest absolute Gasteiger partial charge is 0.255 e. The summed E-state index contributed by atoms with van der Waals surface area (Å²) in [5, 5.41) is 3.19. The predicted molar refractivity (Wildman–Crippen MR) is 101 cm³/mol. The third-order valence-corrected chi connectivity index (χ3v) is 5.25. The van der Waals surface area contributed by atoms with E-state index in [4.69, 9.17) is 13.9 Å². The van der Waals surface area contributed by atoms with Crippen LogP contribution in [0, 0.1) is 5.92 Å². The molecule has 1 saturated heterocycles. The minimum atomic E-state index is -0.0836. The van der Waals surface area contributed by atoms with Gasteiger partial charge in [-0.25, -0.2) is 0 Å². The van der Waals surface area contributed by atoms with Gasteiger partial charge < -0.3 is 19.2 Å². The molecular weight excluding hydrogens is 344 g/mol. The van der Waals surface area contributed by atoms with E-state index in [2.05, 4.69) is 10.2 Å². The minimum Gasteiger partial charge on any atom is -0.497 e. The van der Waals surface area contributed by atoms with Gasteiger partial charge in [-0.05, 0) is 42.5 Å². The Morgan fingerprint density at radius 3 is 2.67 bits per heavy atom. The molecule has 1 aromatic carbocycles. The summed E-state index contributed by atoms with van der Waals surface area (Å²) in [6.45, 7) is 3.99. The zero-order valence-electron chi connectivity index (χ0n) is 15.6. The van der Waals surface area contributed by atoms with E-state index in [-0.39, 0.29) is 11.9 Å². The van der Waals surface area contributed by atoms with Crippen LogP contribution in [0.2, 0.25) is 0 Å². The van der Waals surface area contributed by atoms with Crippen molar-refractivity contribution in [3.63, 3.8) is 0 Å². The number of nitrogens with one attached hydrogen (secondary N) is 1. The SMILES string of the molecule is COc1ccc([C@@H](NC(=O)c2coc(CN3CCOCC3)c2)C2CC2)cc1. The number of ether oxygens (including phenoxy) is 2. The second-order valence-electron chi connectivity index (χ2n) is 7.25. The Morgan fingerprint density at radius 1 is 1.26 bits per heavy atom. The number of benzene rings is 1. The Bertz CT molecular complexity index is 761. The van der Waals surface area contributed by atoms with Gasteiger partial charge in [-0.3, -0.25) is 9.69 Å². The Labute approximate surface area is 159 Å². The number of methoxy groups -OCH3 is 1. The number of morpholine rings is 1. The van der Waals surface area contributed by atoms with E-state index in [0.717, 1.165) is 56.2 Å². The van der Waals surface area contributed by atoms with Crippen LogP contribution in [0.3, 0.4) is 0 Å². The fraction of sp³-hybridized carbons (Fsp3) is 0.476. The summed E-state index contributed by atoms with van der Waals surface area (Å²) in [6, 6.07) is 9.82. The van der Waals surface area contributed by atoms with Gasteiger partial charge in [-0.15, -0.1) is 0 Å². The third-order valence-electron chi connectivity index (χ3n) is 5.25. The molecule has 1 atom stereocenters. The van der Waals surface area contributed by atoms with Crippen LogP contribution >= 0.6 is 0 Å². The second kappa shape index (κ2) is 8.15. The quantitative estimate of drug-likeness (QED) is 0.812. The minimum absolute atomic E-state index is 0.0287. The van der Waals surface area contributed by atoms with Crippen molar-refractivity contribution >= 4 is 5.91 Å². The summed E-state index contributed by atoms with van der Waals surface area (Å²) in [5.41, 5.74) is 1.70.